The minimum atomic E-state index is 0.772. The molecule has 0 aromatic carbocycles. The van der Waals surface area contributed by atoms with E-state index in [4.69, 9.17) is 0 Å². The molecule has 3 unspecified atom stereocenters. The second-order valence-corrected chi connectivity index (χ2v) is 7.17. The van der Waals surface area contributed by atoms with Crippen LogP contribution in [-0.4, -0.2) is 48.1 Å². The molecule has 16 heavy (non-hydrogen) atoms. The number of nitrogens with one attached hydrogen (secondary N) is 1. The summed E-state index contributed by atoms with van der Waals surface area (Å²) in [6.07, 6.45) is 1.24. The summed E-state index contributed by atoms with van der Waals surface area (Å²) in [5, 5.41) is 5.13. The van der Waals surface area contributed by atoms with Crippen molar-refractivity contribution >= 4 is 11.8 Å². The van der Waals surface area contributed by atoms with Crippen LogP contribution in [-0.2, 0) is 0 Å². The molecular formula is C13H28N2S. The van der Waals surface area contributed by atoms with E-state index in [1.165, 1.54) is 32.6 Å². The molecule has 0 bridgehead atoms. The van der Waals surface area contributed by atoms with E-state index < -0.39 is 0 Å². The van der Waals surface area contributed by atoms with Crippen molar-refractivity contribution in [3.05, 3.63) is 0 Å². The van der Waals surface area contributed by atoms with Gasteiger partial charge < -0.3 is 10.2 Å². The fourth-order valence-corrected chi connectivity index (χ4v) is 3.85. The van der Waals surface area contributed by atoms with Crippen molar-refractivity contribution in [2.24, 2.45) is 5.92 Å². The zero-order valence-corrected chi connectivity index (χ0v) is 12.1. The Hall–Kier alpha value is 0.270. The maximum atomic E-state index is 3.51. The van der Waals surface area contributed by atoms with Gasteiger partial charge in [0, 0.05) is 30.1 Å². The van der Waals surface area contributed by atoms with Crippen LogP contribution >= 0.6 is 11.8 Å². The maximum Gasteiger partial charge on any atom is 0.0149 e. The molecule has 0 radical (unpaired) electrons. The Bertz CT molecular complexity index is 177. The Labute approximate surface area is 106 Å². The number of rotatable bonds is 6. The molecule has 1 rings (SSSR count). The molecule has 2 nitrogen and oxygen atoms in total. The smallest absolute Gasteiger partial charge is 0.0149 e. The zero-order chi connectivity index (χ0) is 12.0. The van der Waals surface area contributed by atoms with E-state index in [9.17, 15) is 0 Å². The van der Waals surface area contributed by atoms with Crippen molar-refractivity contribution in [2.45, 2.75) is 44.6 Å². The molecule has 0 aliphatic carbocycles. The normalized spacial score (nSPS) is 29.2. The summed E-state index contributed by atoms with van der Waals surface area (Å²) < 4.78 is 0. The summed E-state index contributed by atoms with van der Waals surface area (Å²) in [6.45, 7) is 15.4. The van der Waals surface area contributed by atoms with E-state index in [2.05, 4.69) is 49.7 Å². The Morgan fingerprint density at radius 1 is 1.31 bits per heavy atom. The third kappa shape index (κ3) is 5.55. The van der Waals surface area contributed by atoms with E-state index in [0.29, 0.717) is 0 Å². The number of thioether (sulfide) groups is 1. The van der Waals surface area contributed by atoms with Crippen LogP contribution in [0.2, 0.25) is 0 Å². The first kappa shape index (κ1) is 14.3. The molecule has 1 N–H and O–H groups in total. The molecule has 1 heterocycles. The van der Waals surface area contributed by atoms with Crippen LogP contribution in [0, 0.1) is 5.92 Å². The number of hydrogen-bond acceptors (Lipinski definition) is 3. The first-order chi connectivity index (χ1) is 7.61. The molecule has 96 valence electrons. The fourth-order valence-electron chi connectivity index (χ4n) is 2.46. The van der Waals surface area contributed by atoms with Crippen molar-refractivity contribution in [3.63, 3.8) is 0 Å². The van der Waals surface area contributed by atoms with Gasteiger partial charge in [-0.15, -0.1) is 0 Å². The van der Waals surface area contributed by atoms with Crippen LogP contribution < -0.4 is 5.32 Å². The second kappa shape index (κ2) is 7.57. The largest absolute Gasteiger partial charge is 0.316 e. The van der Waals surface area contributed by atoms with E-state index >= 15 is 0 Å². The van der Waals surface area contributed by atoms with Gasteiger partial charge in [0.15, 0.2) is 0 Å². The lowest BCUT2D eigenvalue weighted by Crippen LogP contribution is -2.43. The molecule has 1 aliphatic rings. The first-order valence-corrected chi connectivity index (χ1v) is 7.64. The molecule has 0 aromatic rings. The van der Waals surface area contributed by atoms with Crippen LogP contribution in [0.15, 0.2) is 0 Å². The van der Waals surface area contributed by atoms with Crippen molar-refractivity contribution in [1.29, 1.82) is 0 Å². The van der Waals surface area contributed by atoms with Crippen molar-refractivity contribution in [1.82, 2.24) is 10.2 Å². The molecule has 3 heteroatoms. The highest BCUT2D eigenvalue weighted by molar-refractivity contribution is 8.00. The minimum Gasteiger partial charge on any atom is -0.316 e. The zero-order valence-electron chi connectivity index (χ0n) is 11.3. The summed E-state index contributed by atoms with van der Waals surface area (Å²) >= 11 is 2.14. The molecule has 0 amide bonds. The molecular weight excluding hydrogens is 216 g/mol. The Morgan fingerprint density at radius 3 is 2.50 bits per heavy atom. The Morgan fingerprint density at radius 2 is 1.94 bits per heavy atom. The topological polar surface area (TPSA) is 15.3 Å². The lowest BCUT2D eigenvalue weighted by Gasteiger charge is -2.36. The predicted molar refractivity (Wildman–Crippen MR) is 75.3 cm³/mol. The van der Waals surface area contributed by atoms with Crippen molar-refractivity contribution in [2.75, 3.05) is 32.7 Å². The SMILES string of the molecule is CCCNCC(C)CN1CC(C)SC(C)C1. The van der Waals surface area contributed by atoms with Crippen molar-refractivity contribution < 1.29 is 0 Å². The molecule has 0 saturated carbocycles. The standard InChI is InChI=1S/C13H28N2S/c1-5-6-14-7-11(2)8-15-9-12(3)16-13(4)10-15/h11-14H,5-10H2,1-4H3. The Kier molecular flexibility index (Phi) is 6.78. The Balaban J connectivity index is 2.19. The van der Waals surface area contributed by atoms with Gasteiger partial charge in [-0.2, -0.15) is 11.8 Å². The maximum absolute atomic E-state index is 3.51. The second-order valence-electron chi connectivity index (χ2n) is 5.29. The number of hydrogen-bond donors (Lipinski definition) is 1. The van der Waals surface area contributed by atoms with E-state index in [1.54, 1.807) is 0 Å². The molecule has 0 spiro atoms. The quantitative estimate of drug-likeness (QED) is 0.723. The van der Waals surface area contributed by atoms with Crippen LogP contribution in [0.25, 0.3) is 0 Å². The number of nitrogens with zero attached hydrogens (tertiary/aromatic N) is 1. The van der Waals surface area contributed by atoms with Crippen molar-refractivity contribution in [3.8, 4) is 0 Å². The third-order valence-electron chi connectivity index (χ3n) is 2.98. The van der Waals surface area contributed by atoms with Crippen LogP contribution in [0.1, 0.15) is 34.1 Å². The molecule has 0 aromatic heterocycles. The summed E-state index contributed by atoms with van der Waals surface area (Å²) in [7, 11) is 0. The fraction of sp³-hybridized carbons (Fsp3) is 1.00. The highest BCUT2D eigenvalue weighted by atomic mass is 32.2. The first-order valence-electron chi connectivity index (χ1n) is 6.70. The monoisotopic (exact) mass is 244 g/mol. The van der Waals surface area contributed by atoms with Gasteiger partial charge in [0.2, 0.25) is 0 Å². The van der Waals surface area contributed by atoms with Gasteiger partial charge in [0.25, 0.3) is 0 Å². The van der Waals surface area contributed by atoms with E-state index in [1.807, 2.05) is 0 Å². The van der Waals surface area contributed by atoms with Gasteiger partial charge in [0.05, 0.1) is 0 Å². The summed E-state index contributed by atoms with van der Waals surface area (Å²) in [6, 6.07) is 0. The lowest BCUT2D eigenvalue weighted by atomic mass is 10.1. The predicted octanol–water partition coefficient (Wildman–Crippen LogP) is 2.45. The van der Waals surface area contributed by atoms with Crippen LogP contribution in [0.5, 0.6) is 0 Å². The van der Waals surface area contributed by atoms with Crippen LogP contribution in [0.4, 0.5) is 0 Å². The van der Waals surface area contributed by atoms with Gasteiger partial charge in [-0.3, -0.25) is 0 Å². The van der Waals surface area contributed by atoms with Gasteiger partial charge in [0.1, 0.15) is 0 Å². The molecule has 1 aliphatic heterocycles. The molecule has 1 fully saturated rings. The summed E-state index contributed by atoms with van der Waals surface area (Å²) in [4.78, 5) is 2.64. The molecule has 3 atom stereocenters. The minimum absolute atomic E-state index is 0.772. The van der Waals surface area contributed by atoms with Gasteiger partial charge in [-0.1, -0.05) is 27.7 Å². The van der Waals surface area contributed by atoms with Gasteiger partial charge in [-0.25, -0.2) is 0 Å². The van der Waals surface area contributed by atoms with Gasteiger partial charge >= 0.3 is 0 Å². The third-order valence-corrected chi connectivity index (χ3v) is 4.21. The summed E-state index contributed by atoms with van der Waals surface area (Å²) in [5.41, 5.74) is 0. The average molecular weight is 244 g/mol. The van der Waals surface area contributed by atoms with Gasteiger partial charge in [-0.05, 0) is 25.4 Å². The lowest BCUT2D eigenvalue weighted by molar-refractivity contribution is 0.232. The summed E-state index contributed by atoms with van der Waals surface area (Å²) in [5.74, 6) is 0.772. The highest BCUT2D eigenvalue weighted by Crippen LogP contribution is 2.24. The average Bonchev–Trinajstić information content (AvgIpc) is 2.16. The highest BCUT2D eigenvalue weighted by Gasteiger charge is 2.22. The molecule has 1 saturated heterocycles. The van der Waals surface area contributed by atoms with E-state index in [-0.39, 0.29) is 0 Å². The van der Waals surface area contributed by atoms with Crippen LogP contribution in [0.3, 0.4) is 0 Å². The van der Waals surface area contributed by atoms with E-state index in [0.717, 1.165) is 23.0 Å².